The van der Waals surface area contributed by atoms with Crippen molar-refractivity contribution in [2.24, 2.45) is 0 Å². The molecule has 2 aromatic carbocycles. The van der Waals surface area contributed by atoms with Crippen LogP contribution in [0, 0.1) is 11.3 Å². The summed E-state index contributed by atoms with van der Waals surface area (Å²) in [5.41, 5.74) is 8.25. The van der Waals surface area contributed by atoms with Crippen molar-refractivity contribution in [3.8, 4) is 17.6 Å². The van der Waals surface area contributed by atoms with Crippen LogP contribution in [0.4, 0.5) is 17.1 Å². The smallest absolute Gasteiger partial charge is 0.162 e. The predicted octanol–water partition coefficient (Wildman–Crippen LogP) is 3.55. The second kappa shape index (κ2) is 6.25. The zero-order valence-corrected chi connectivity index (χ0v) is 12.4. The van der Waals surface area contributed by atoms with Crippen molar-refractivity contribution in [3.05, 3.63) is 40.9 Å². The van der Waals surface area contributed by atoms with Crippen molar-refractivity contribution >= 4 is 28.7 Å². The minimum absolute atomic E-state index is 0.434. The molecule has 0 unspecified atom stereocenters. The largest absolute Gasteiger partial charge is 0.493 e. The Hall–Kier alpha value is -2.58. The number of nitriles is 1. The summed E-state index contributed by atoms with van der Waals surface area (Å²) in [6.45, 7) is 0. The van der Waals surface area contributed by atoms with E-state index in [2.05, 4.69) is 5.32 Å². The molecular formula is C15H14ClN3O2. The topological polar surface area (TPSA) is 80.3 Å². The third-order valence-electron chi connectivity index (χ3n) is 2.92. The molecule has 5 nitrogen and oxygen atoms in total. The molecule has 0 fully saturated rings. The summed E-state index contributed by atoms with van der Waals surface area (Å²) in [6.07, 6.45) is 0. The Labute approximate surface area is 127 Å². The highest BCUT2D eigenvalue weighted by Gasteiger charge is 2.10. The number of nitrogens with one attached hydrogen (secondary N) is 1. The SMILES string of the molecule is COc1cc(N)c(Nc2ccc(C#N)cc2Cl)cc1OC. The molecule has 2 aromatic rings. The lowest BCUT2D eigenvalue weighted by atomic mass is 10.2. The van der Waals surface area contributed by atoms with Crippen LogP contribution in [0.1, 0.15) is 5.56 Å². The second-order valence-electron chi connectivity index (χ2n) is 4.23. The maximum Gasteiger partial charge on any atom is 0.162 e. The molecule has 0 spiro atoms. The second-order valence-corrected chi connectivity index (χ2v) is 4.63. The number of nitrogens with two attached hydrogens (primary N) is 1. The zero-order chi connectivity index (χ0) is 15.4. The first-order chi connectivity index (χ1) is 10.1. The van der Waals surface area contributed by atoms with Crippen molar-refractivity contribution in [1.29, 1.82) is 5.26 Å². The Balaban J connectivity index is 2.38. The highest BCUT2D eigenvalue weighted by Crippen LogP contribution is 2.37. The van der Waals surface area contributed by atoms with Crippen molar-refractivity contribution in [1.82, 2.24) is 0 Å². The minimum Gasteiger partial charge on any atom is -0.493 e. The molecule has 0 aliphatic carbocycles. The number of benzene rings is 2. The Morgan fingerprint density at radius 2 is 1.76 bits per heavy atom. The zero-order valence-electron chi connectivity index (χ0n) is 11.6. The molecule has 0 amide bonds. The van der Waals surface area contributed by atoms with E-state index in [1.807, 2.05) is 6.07 Å². The summed E-state index contributed by atoms with van der Waals surface area (Å²) in [4.78, 5) is 0. The van der Waals surface area contributed by atoms with E-state index < -0.39 is 0 Å². The summed E-state index contributed by atoms with van der Waals surface area (Å²) < 4.78 is 10.4. The van der Waals surface area contributed by atoms with Gasteiger partial charge in [0.25, 0.3) is 0 Å². The Bertz CT molecular complexity index is 711. The lowest BCUT2D eigenvalue weighted by Gasteiger charge is -2.15. The Kier molecular flexibility index (Phi) is 4.41. The van der Waals surface area contributed by atoms with Gasteiger partial charge in [-0.15, -0.1) is 0 Å². The van der Waals surface area contributed by atoms with Gasteiger partial charge < -0.3 is 20.5 Å². The minimum atomic E-state index is 0.434. The van der Waals surface area contributed by atoms with Crippen molar-refractivity contribution in [3.63, 3.8) is 0 Å². The van der Waals surface area contributed by atoms with Crippen molar-refractivity contribution in [2.45, 2.75) is 0 Å². The van der Waals surface area contributed by atoms with Crippen LogP contribution in [-0.2, 0) is 0 Å². The molecule has 0 aromatic heterocycles. The van der Waals surface area contributed by atoms with Crippen LogP contribution in [0.25, 0.3) is 0 Å². The molecule has 0 aliphatic heterocycles. The van der Waals surface area contributed by atoms with E-state index >= 15 is 0 Å². The maximum atomic E-state index is 8.83. The van der Waals surface area contributed by atoms with Gasteiger partial charge in [0.2, 0.25) is 0 Å². The molecule has 2 rings (SSSR count). The van der Waals surface area contributed by atoms with E-state index in [9.17, 15) is 0 Å². The number of nitrogens with zero attached hydrogens (tertiary/aromatic N) is 1. The normalized spacial score (nSPS) is 9.81. The van der Waals surface area contributed by atoms with Crippen LogP contribution in [0.3, 0.4) is 0 Å². The highest BCUT2D eigenvalue weighted by atomic mass is 35.5. The van der Waals surface area contributed by atoms with E-state index in [-0.39, 0.29) is 0 Å². The van der Waals surface area contributed by atoms with Crippen LogP contribution >= 0.6 is 11.6 Å². The first-order valence-corrected chi connectivity index (χ1v) is 6.45. The molecular weight excluding hydrogens is 290 g/mol. The molecule has 0 saturated carbocycles. The first-order valence-electron chi connectivity index (χ1n) is 6.07. The summed E-state index contributed by atoms with van der Waals surface area (Å²) >= 11 is 6.13. The Morgan fingerprint density at radius 3 is 2.33 bits per heavy atom. The fraction of sp³-hybridized carbons (Fsp3) is 0.133. The quantitative estimate of drug-likeness (QED) is 0.844. The van der Waals surface area contributed by atoms with Crippen LogP contribution in [0.5, 0.6) is 11.5 Å². The lowest BCUT2D eigenvalue weighted by Crippen LogP contribution is -2.00. The predicted molar refractivity (Wildman–Crippen MR) is 83.4 cm³/mol. The van der Waals surface area contributed by atoms with Gasteiger partial charge >= 0.3 is 0 Å². The highest BCUT2D eigenvalue weighted by molar-refractivity contribution is 6.33. The van der Waals surface area contributed by atoms with Crippen LogP contribution in [0.2, 0.25) is 5.02 Å². The van der Waals surface area contributed by atoms with Crippen LogP contribution in [0.15, 0.2) is 30.3 Å². The van der Waals surface area contributed by atoms with E-state index in [1.165, 1.54) is 0 Å². The maximum absolute atomic E-state index is 8.83. The standard InChI is InChI=1S/C15H14ClN3O2/c1-20-14-6-11(18)13(7-15(14)21-2)19-12-4-3-9(8-17)5-10(12)16/h3-7,19H,18H2,1-2H3. The number of hydrogen-bond acceptors (Lipinski definition) is 5. The van der Waals surface area contributed by atoms with E-state index in [0.717, 1.165) is 0 Å². The van der Waals surface area contributed by atoms with Gasteiger partial charge in [0, 0.05) is 12.1 Å². The average Bonchev–Trinajstić information content (AvgIpc) is 2.50. The summed E-state index contributed by atoms with van der Waals surface area (Å²) in [7, 11) is 3.09. The molecule has 21 heavy (non-hydrogen) atoms. The van der Waals surface area contributed by atoms with Gasteiger partial charge in [0.1, 0.15) is 0 Å². The molecule has 6 heteroatoms. The fourth-order valence-electron chi connectivity index (χ4n) is 1.83. The molecule has 0 radical (unpaired) electrons. The van der Waals surface area contributed by atoms with Gasteiger partial charge in [-0.3, -0.25) is 0 Å². The van der Waals surface area contributed by atoms with Gasteiger partial charge in [-0.1, -0.05) is 11.6 Å². The van der Waals surface area contributed by atoms with Gasteiger partial charge in [-0.05, 0) is 18.2 Å². The number of methoxy groups -OCH3 is 2. The number of halogens is 1. The molecule has 108 valence electrons. The number of nitrogen functional groups attached to an aromatic ring is 1. The lowest BCUT2D eigenvalue weighted by molar-refractivity contribution is 0.355. The van der Waals surface area contributed by atoms with Gasteiger partial charge in [-0.2, -0.15) is 5.26 Å². The van der Waals surface area contributed by atoms with Crippen molar-refractivity contribution in [2.75, 3.05) is 25.3 Å². The van der Waals surface area contributed by atoms with E-state index in [4.69, 9.17) is 32.1 Å². The van der Waals surface area contributed by atoms with Gasteiger partial charge in [0.15, 0.2) is 11.5 Å². The molecule has 0 aliphatic rings. The molecule has 0 bridgehead atoms. The summed E-state index contributed by atoms with van der Waals surface area (Å²) in [5, 5.41) is 12.4. The van der Waals surface area contributed by atoms with Crippen molar-refractivity contribution < 1.29 is 9.47 Å². The monoisotopic (exact) mass is 303 g/mol. The molecule has 3 N–H and O–H groups in total. The molecule has 0 atom stereocenters. The number of hydrogen-bond donors (Lipinski definition) is 2. The van der Waals surface area contributed by atoms with Crippen LogP contribution in [-0.4, -0.2) is 14.2 Å². The van der Waals surface area contributed by atoms with Gasteiger partial charge in [0.05, 0.1) is 47.9 Å². The Morgan fingerprint density at radius 1 is 1.10 bits per heavy atom. The van der Waals surface area contributed by atoms with E-state index in [0.29, 0.717) is 39.1 Å². The van der Waals surface area contributed by atoms with Crippen LogP contribution < -0.4 is 20.5 Å². The molecule has 0 heterocycles. The molecule has 0 saturated heterocycles. The number of ether oxygens (including phenoxy) is 2. The number of rotatable bonds is 4. The fourth-order valence-corrected chi connectivity index (χ4v) is 2.06. The summed E-state index contributed by atoms with van der Waals surface area (Å²) in [6, 6.07) is 10.4. The first kappa shape index (κ1) is 14.8. The third-order valence-corrected chi connectivity index (χ3v) is 3.24. The average molecular weight is 304 g/mol. The summed E-state index contributed by atoms with van der Waals surface area (Å²) in [5.74, 6) is 1.10. The van der Waals surface area contributed by atoms with Gasteiger partial charge in [-0.25, -0.2) is 0 Å². The number of anilines is 3. The van der Waals surface area contributed by atoms with E-state index in [1.54, 1.807) is 44.6 Å². The third kappa shape index (κ3) is 3.12.